The van der Waals surface area contributed by atoms with Gasteiger partial charge in [-0.25, -0.2) is 0 Å². The van der Waals surface area contributed by atoms with Crippen molar-refractivity contribution in [3.8, 4) is 0 Å². The van der Waals surface area contributed by atoms with Crippen LogP contribution in [0, 0.1) is 6.92 Å². The van der Waals surface area contributed by atoms with Gasteiger partial charge >= 0.3 is 0 Å². The van der Waals surface area contributed by atoms with Crippen molar-refractivity contribution in [3.63, 3.8) is 0 Å². The maximum atomic E-state index is 5.82. The first-order valence-corrected chi connectivity index (χ1v) is 5.97. The third kappa shape index (κ3) is 1.45. The van der Waals surface area contributed by atoms with E-state index in [2.05, 4.69) is 37.4 Å². The van der Waals surface area contributed by atoms with Gasteiger partial charge in [0.05, 0.1) is 0 Å². The molecule has 2 unspecified atom stereocenters. The van der Waals surface area contributed by atoms with E-state index in [1.54, 1.807) is 0 Å². The molecule has 1 aliphatic rings. The number of benzene rings is 1. The lowest BCUT2D eigenvalue weighted by Crippen LogP contribution is -2.16. The summed E-state index contributed by atoms with van der Waals surface area (Å²) in [6, 6.07) is 8.97. The van der Waals surface area contributed by atoms with Crippen LogP contribution < -0.4 is 5.32 Å². The molecule has 3 rings (SSSR count). The fraction of sp³-hybridized carbons (Fsp3) is 0.429. The highest BCUT2D eigenvalue weighted by Crippen LogP contribution is 2.35. The van der Waals surface area contributed by atoms with E-state index in [1.165, 1.54) is 17.4 Å². The molecule has 0 amide bonds. The number of aryl methyl sites for hydroxylation is 1. The summed E-state index contributed by atoms with van der Waals surface area (Å²) >= 11 is 0. The van der Waals surface area contributed by atoms with Crippen LogP contribution in [-0.2, 0) is 0 Å². The summed E-state index contributed by atoms with van der Waals surface area (Å²) in [4.78, 5) is 0. The Bertz CT molecular complexity index is 514. The number of para-hydroxylation sites is 1. The lowest BCUT2D eigenvalue weighted by molar-refractivity contribution is 0.563. The van der Waals surface area contributed by atoms with E-state index >= 15 is 0 Å². The van der Waals surface area contributed by atoms with Crippen molar-refractivity contribution in [3.05, 3.63) is 35.6 Å². The van der Waals surface area contributed by atoms with Gasteiger partial charge in [0.2, 0.25) is 0 Å². The first-order valence-electron chi connectivity index (χ1n) is 5.97. The minimum absolute atomic E-state index is 0.610. The van der Waals surface area contributed by atoms with Crippen LogP contribution in [0.4, 0.5) is 0 Å². The molecule has 2 aromatic rings. The molecule has 1 N–H and O–H groups in total. The fourth-order valence-electron chi connectivity index (χ4n) is 2.85. The maximum Gasteiger partial charge on any atom is 0.134 e. The zero-order valence-corrected chi connectivity index (χ0v) is 9.79. The standard InChI is InChI=1S/C14H17NO/c1-9-7-11(8-15-9)14-10(2)16-13-6-4-3-5-12(13)14/h3-6,9,11,15H,7-8H2,1-2H3. The van der Waals surface area contributed by atoms with Crippen LogP contribution in [0.3, 0.4) is 0 Å². The molecule has 16 heavy (non-hydrogen) atoms. The molecule has 0 spiro atoms. The van der Waals surface area contributed by atoms with E-state index in [0.717, 1.165) is 17.9 Å². The topological polar surface area (TPSA) is 25.2 Å². The van der Waals surface area contributed by atoms with E-state index in [4.69, 9.17) is 4.42 Å². The number of fused-ring (bicyclic) bond motifs is 1. The monoisotopic (exact) mass is 215 g/mol. The molecule has 1 aliphatic heterocycles. The molecule has 0 aliphatic carbocycles. The molecule has 1 aromatic heterocycles. The molecule has 84 valence electrons. The Morgan fingerprint density at radius 1 is 1.31 bits per heavy atom. The Kier molecular flexibility index (Phi) is 2.25. The van der Waals surface area contributed by atoms with E-state index in [1.807, 2.05) is 6.07 Å². The first kappa shape index (κ1) is 9.91. The third-order valence-corrected chi connectivity index (χ3v) is 3.58. The van der Waals surface area contributed by atoms with Crippen LogP contribution in [0.15, 0.2) is 28.7 Å². The van der Waals surface area contributed by atoms with Gasteiger partial charge in [-0.1, -0.05) is 18.2 Å². The molecule has 0 radical (unpaired) electrons. The van der Waals surface area contributed by atoms with Gasteiger partial charge in [-0.05, 0) is 26.3 Å². The average molecular weight is 215 g/mol. The summed E-state index contributed by atoms with van der Waals surface area (Å²) in [5.74, 6) is 1.70. The van der Waals surface area contributed by atoms with Gasteiger partial charge in [0, 0.05) is 29.5 Å². The predicted octanol–water partition coefficient (Wildman–Crippen LogP) is 3.21. The Labute approximate surface area is 95.6 Å². The highest BCUT2D eigenvalue weighted by molar-refractivity contribution is 5.82. The van der Waals surface area contributed by atoms with Crippen LogP contribution in [0.5, 0.6) is 0 Å². The summed E-state index contributed by atoms with van der Waals surface area (Å²) in [5.41, 5.74) is 2.43. The summed E-state index contributed by atoms with van der Waals surface area (Å²) < 4.78 is 5.82. The van der Waals surface area contributed by atoms with Gasteiger partial charge in [-0.2, -0.15) is 0 Å². The van der Waals surface area contributed by atoms with E-state index in [9.17, 15) is 0 Å². The number of hydrogen-bond donors (Lipinski definition) is 1. The molecule has 2 heteroatoms. The molecule has 0 saturated carbocycles. The van der Waals surface area contributed by atoms with E-state index in [0.29, 0.717) is 12.0 Å². The second-order valence-corrected chi connectivity index (χ2v) is 4.81. The van der Waals surface area contributed by atoms with Crippen LogP contribution in [0.1, 0.15) is 30.6 Å². The largest absolute Gasteiger partial charge is 0.461 e. The molecule has 1 saturated heterocycles. The van der Waals surface area contributed by atoms with Gasteiger partial charge < -0.3 is 9.73 Å². The lowest BCUT2D eigenvalue weighted by Gasteiger charge is -2.07. The fourth-order valence-corrected chi connectivity index (χ4v) is 2.85. The predicted molar refractivity (Wildman–Crippen MR) is 65.8 cm³/mol. The number of nitrogens with one attached hydrogen (secondary N) is 1. The van der Waals surface area contributed by atoms with Crippen LogP contribution in [0.25, 0.3) is 11.0 Å². The van der Waals surface area contributed by atoms with E-state index < -0.39 is 0 Å². The van der Waals surface area contributed by atoms with Gasteiger partial charge in [0.1, 0.15) is 11.3 Å². The maximum absolute atomic E-state index is 5.82. The zero-order chi connectivity index (χ0) is 11.1. The Hall–Kier alpha value is -1.28. The second kappa shape index (κ2) is 3.63. The van der Waals surface area contributed by atoms with Crippen molar-refractivity contribution in [1.82, 2.24) is 5.32 Å². The van der Waals surface area contributed by atoms with Gasteiger partial charge in [0.15, 0.2) is 0 Å². The highest BCUT2D eigenvalue weighted by atomic mass is 16.3. The number of hydrogen-bond acceptors (Lipinski definition) is 2. The molecule has 2 nitrogen and oxygen atoms in total. The van der Waals surface area contributed by atoms with Crippen molar-refractivity contribution >= 4 is 11.0 Å². The highest BCUT2D eigenvalue weighted by Gasteiger charge is 2.26. The molecular formula is C14H17NO. The lowest BCUT2D eigenvalue weighted by atomic mass is 9.94. The van der Waals surface area contributed by atoms with Gasteiger partial charge in [-0.3, -0.25) is 0 Å². The number of furan rings is 1. The zero-order valence-electron chi connectivity index (χ0n) is 9.79. The van der Waals surface area contributed by atoms with Gasteiger partial charge in [0.25, 0.3) is 0 Å². The van der Waals surface area contributed by atoms with E-state index in [-0.39, 0.29) is 0 Å². The molecular weight excluding hydrogens is 198 g/mol. The summed E-state index contributed by atoms with van der Waals surface area (Å²) in [6.07, 6.45) is 1.21. The van der Waals surface area contributed by atoms with Crippen LogP contribution in [0.2, 0.25) is 0 Å². The van der Waals surface area contributed by atoms with Crippen molar-refractivity contribution < 1.29 is 4.42 Å². The number of rotatable bonds is 1. The molecule has 1 fully saturated rings. The summed E-state index contributed by atoms with van der Waals surface area (Å²) in [5, 5.41) is 4.80. The Balaban J connectivity index is 2.12. The molecule has 1 aromatic carbocycles. The van der Waals surface area contributed by atoms with Crippen molar-refractivity contribution in [1.29, 1.82) is 0 Å². The van der Waals surface area contributed by atoms with Crippen LogP contribution >= 0.6 is 0 Å². The van der Waals surface area contributed by atoms with Crippen molar-refractivity contribution in [2.75, 3.05) is 6.54 Å². The minimum atomic E-state index is 0.610. The second-order valence-electron chi connectivity index (χ2n) is 4.81. The SMILES string of the molecule is Cc1oc2ccccc2c1C1CNC(C)C1. The third-order valence-electron chi connectivity index (χ3n) is 3.58. The van der Waals surface area contributed by atoms with Crippen LogP contribution in [-0.4, -0.2) is 12.6 Å². The molecule has 2 heterocycles. The molecule has 0 bridgehead atoms. The normalized spacial score (nSPS) is 25.4. The molecule has 2 atom stereocenters. The Morgan fingerprint density at radius 3 is 2.88 bits per heavy atom. The first-order chi connectivity index (χ1) is 7.75. The quantitative estimate of drug-likeness (QED) is 0.790. The average Bonchev–Trinajstić information content (AvgIpc) is 2.80. The smallest absolute Gasteiger partial charge is 0.134 e. The van der Waals surface area contributed by atoms with Crippen molar-refractivity contribution in [2.45, 2.75) is 32.2 Å². The Morgan fingerprint density at radius 2 is 2.12 bits per heavy atom. The summed E-state index contributed by atoms with van der Waals surface area (Å²) in [7, 11) is 0. The minimum Gasteiger partial charge on any atom is -0.461 e. The summed E-state index contributed by atoms with van der Waals surface area (Å²) in [6.45, 7) is 5.40. The van der Waals surface area contributed by atoms with Crippen molar-refractivity contribution in [2.24, 2.45) is 0 Å². The van der Waals surface area contributed by atoms with Gasteiger partial charge in [-0.15, -0.1) is 0 Å².